The topological polar surface area (TPSA) is 88.1 Å². The highest BCUT2D eigenvalue weighted by molar-refractivity contribution is 7.91. The molecule has 0 spiro atoms. The van der Waals surface area contributed by atoms with E-state index in [0.29, 0.717) is 34.1 Å². The number of ketones is 1. The van der Waals surface area contributed by atoms with Gasteiger partial charge in [0.25, 0.3) is 0 Å². The summed E-state index contributed by atoms with van der Waals surface area (Å²) in [5, 5.41) is 0. The fourth-order valence-electron chi connectivity index (χ4n) is 14.7. The number of benzene rings is 12. The number of carbonyl (C=O) groups is 1. The quantitative estimate of drug-likeness (QED) is 0.0945. The molecule has 0 amide bonds. The van der Waals surface area contributed by atoms with Gasteiger partial charge >= 0.3 is 0 Å². The van der Waals surface area contributed by atoms with Crippen molar-refractivity contribution in [2.45, 2.75) is 126 Å². The number of carbonyl (C=O) groups excluding carboxylic acids is 1. The lowest BCUT2D eigenvalue weighted by Crippen LogP contribution is -2.30. The van der Waals surface area contributed by atoms with Gasteiger partial charge in [-0.3, -0.25) is 4.79 Å². The Morgan fingerprint density at radius 3 is 1.10 bits per heavy atom. The molecule has 8 heteroatoms. The zero-order chi connectivity index (χ0) is 69.4. The predicted molar refractivity (Wildman–Crippen MR) is 399 cm³/mol. The van der Waals surface area contributed by atoms with Crippen LogP contribution in [0.2, 0.25) is 0 Å². The van der Waals surface area contributed by atoms with Crippen molar-refractivity contribution in [1.29, 1.82) is 0 Å². The fraction of sp³-hybridized carbons (Fsp3) is 0.198. The van der Waals surface area contributed by atoms with Crippen LogP contribution in [0.5, 0.6) is 34.5 Å². The van der Waals surface area contributed by atoms with Crippen molar-refractivity contribution in [2.24, 2.45) is 0 Å². The maximum absolute atomic E-state index is 14.0. The van der Waals surface area contributed by atoms with E-state index in [2.05, 4.69) is 253 Å². The van der Waals surface area contributed by atoms with Crippen LogP contribution in [-0.2, 0) is 31.5 Å². The first-order valence-electron chi connectivity index (χ1n) is 34.0. The Morgan fingerprint density at radius 2 is 0.636 bits per heavy atom. The normalized spacial score (nSPS) is 14.7. The molecule has 12 aromatic carbocycles. The van der Waals surface area contributed by atoms with Gasteiger partial charge in [0.2, 0.25) is 9.84 Å². The molecule has 0 saturated carbocycles. The third kappa shape index (κ3) is 12.1. The van der Waals surface area contributed by atoms with Crippen molar-refractivity contribution in [1.82, 2.24) is 0 Å². The molecule has 0 aromatic heterocycles. The van der Waals surface area contributed by atoms with Gasteiger partial charge in [0.15, 0.2) is 5.78 Å². The predicted octanol–water partition coefficient (Wildman–Crippen LogP) is 22.7. The first-order chi connectivity index (χ1) is 47.2. The first-order valence-corrected chi connectivity index (χ1v) is 35.5. The summed E-state index contributed by atoms with van der Waals surface area (Å²) in [6.45, 7) is 25.2. The van der Waals surface area contributed by atoms with Gasteiger partial charge in [0.05, 0.1) is 20.6 Å². The van der Waals surface area contributed by atoms with Gasteiger partial charge in [-0.2, -0.15) is 0 Å². The Hall–Kier alpha value is -10.5. The minimum absolute atomic E-state index is 0.0377. The highest BCUT2D eigenvalue weighted by Gasteiger charge is 2.50. The minimum atomic E-state index is -3.79. The summed E-state index contributed by atoms with van der Waals surface area (Å²) >= 11 is 0. The number of rotatable bonds is 15. The van der Waals surface area contributed by atoms with Crippen molar-refractivity contribution in [3.8, 4) is 67.9 Å². The zero-order valence-electron chi connectivity index (χ0n) is 58.3. The second kappa shape index (κ2) is 24.8. The summed E-state index contributed by atoms with van der Waals surface area (Å²) in [4.78, 5) is 14.4. The summed E-state index contributed by atoms with van der Waals surface area (Å²) in [5.74, 6) is 3.78. The van der Waals surface area contributed by atoms with E-state index in [-0.39, 0.29) is 26.4 Å². The molecule has 7 nitrogen and oxygen atoms in total. The Kier molecular flexibility index (Phi) is 16.4. The molecule has 0 heterocycles. The average molecular weight is 1320 g/mol. The lowest BCUT2D eigenvalue weighted by Gasteiger charge is -2.36. The van der Waals surface area contributed by atoms with Gasteiger partial charge in [-0.1, -0.05) is 211 Å². The van der Waals surface area contributed by atoms with Crippen molar-refractivity contribution in [3.05, 3.63) is 346 Å². The number of ether oxygens (including phenoxy) is 4. The average Bonchev–Trinajstić information content (AvgIpc) is 1.17. The molecule has 494 valence electrons. The molecule has 0 saturated heterocycles. The van der Waals surface area contributed by atoms with Crippen molar-refractivity contribution >= 4 is 15.6 Å². The van der Waals surface area contributed by atoms with E-state index in [1.807, 2.05) is 72.8 Å². The van der Waals surface area contributed by atoms with E-state index in [1.165, 1.54) is 5.56 Å². The van der Waals surface area contributed by atoms with Crippen LogP contribution < -0.4 is 18.9 Å². The highest BCUT2D eigenvalue weighted by atomic mass is 32.2. The molecule has 1 unspecified atom stereocenters. The van der Waals surface area contributed by atoms with E-state index in [9.17, 15) is 13.2 Å². The van der Waals surface area contributed by atoms with Gasteiger partial charge < -0.3 is 18.9 Å². The smallest absolute Gasteiger partial charge is 0.206 e. The Labute approximate surface area is 583 Å². The van der Waals surface area contributed by atoms with E-state index in [4.69, 9.17) is 18.9 Å². The zero-order valence-corrected chi connectivity index (χ0v) is 59.1. The monoisotopic (exact) mass is 1320 g/mol. The number of hydrogen-bond acceptors (Lipinski definition) is 7. The van der Waals surface area contributed by atoms with Crippen molar-refractivity contribution in [2.75, 3.05) is 0 Å². The summed E-state index contributed by atoms with van der Waals surface area (Å²) in [5.41, 5.74) is 15.8. The molecule has 1 atom stereocenters. The van der Waals surface area contributed by atoms with E-state index in [0.717, 1.165) is 95.0 Å². The van der Waals surface area contributed by atoms with Crippen LogP contribution >= 0.6 is 0 Å². The third-order valence-electron chi connectivity index (χ3n) is 19.2. The van der Waals surface area contributed by atoms with Crippen LogP contribution in [0.3, 0.4) is 0 Å². The number of hydrogen-bond donors (Lipinski definition) is 0. The van der Waals surface area contributed by atoms with Gasteiger partial charge in [-0.05, 0) is 251 Å². The molecule has 14 rings (SSSR count). The molecule has 0 radical (unpaired) electrons. The summed E-state index contributed by atoms with van der Waals surface area (Å²) in [6.07, 6.45) is 0. The molecular formula is C91H82O7S. The lowest BCUT2D eigenvalue weighted by molar-refractivity contribution is 0.103. The Morgan fingerprint density at radius 1 is 0.303 bits per heavy atom. The third-order valence-corrected chi connectivity index (χ3v) is 21.0. The van der Waals surface area contributed by atoms with Gasteiger partial charge in [-0.25, -0.2) is 8.42 Å². The molecule has 0 aliphatic heterocycles. The Bertz CT molecular complexity index is 5090. The van der Waals surface area contributed by atoms with Crippen molar-refractivity contribution in [3.63, 3.8) is 0 Å². The number of fused-ring (bicyclic) bond motifs is 6. The fourth-order valence-corrected chi connectivity index (χ4v) is 15.9. The van der Waals surface area contributed by atoms with Crippen LogP contribution in [0.1, 0.15) is 155 Å². The Balaban J connectivity index is 0.936. The summed E-state index contributed by atoms with van der Waals surface area (Å²) in [6, 6.07) is 94.4. The second-order valence-corrected chi connectivity index (χ2v) is 32.2. The molecule has 0 N–H and O–H groups in total. The maximum atomic E-state index is 14.0. The van der Waals surface area contributed by atoms with Crippen LogP contribution in [0.25, 0.3) is 33.4 Å². The van der Waals surface area contributed by atoms with E-state index in [1.54, 1.807) is 36.4 Å². The SMILES string of the molecule is CC(C)(C)Oc1ccc(C2(c3ccc(Oc4ccc(S(=O)(=O)c5ccc(C(C)(C)C)cc5)cc4)cc3)c3ccccc3-c3c(-c4cc(Oc5ccc(C(=O)c6ccc(C(C)(C)C)cc6)cc5)ccc4C4(c5ccc(OC(C)(C)C)cc5)c5ccccc5-c5ccccc54)cccc32)cc1. The first kappa shape index (κ1) is 65.7. The molecular weight excluding hydrogens is 1240 g/mol. The van der Waals surface area contributed by atoms with Gasteiger partial charge in [0.1, 0.15) is 45.7 Å². The largest absolute Gasteiger partial charge is 0.488 e. The molecule has 12 aromatic rings. The second-order valence-electron chi connectivity index (χ2n) is 30.2. The van der Waals surface area contributed by atoms with Gasteiger partial charge in [0, 0.05) is 11.1 Å². The van der Waals surface area contributed by atoms with E-state index >= 15 is 0 Å². The molecule has 0 bridgehead atoms. The molecule has 0 fully saturated rings. The van der Waals surface area contributed by atoms with Crippen molar-refractivity contribution < 1.29 is 32.2 Å². The molecule has 2 aliphatic carbocycles. The minimum Gasteiger partial charge on any atom is -0.488 e. The maximum Gasteiger partial charge on any atom is 0.206 e. The molecule has 99 heavy (non-hydrogen) atoms. The summed E-state index contributed by atoms with van der Waals surface area (Å²) in [7, 11) is -3.79. The lowest BCUT2D eigenvalue weighted by atomic mass is 9.65. The van der Waals surface area contributed by atoms with Crippen LogP contribution in [0.4, 0.5) is 0 Å². The highest BCUT2D eigenvalue weighted by Crippen LogP contribution is 2.62. The van der Waals surface area contributed by atoms with Crippen LogP contribution in [0, 0.1) is 0 Å². The summed E-state index contributed by atoms with van der Waals surface area (Å²) < 4.78 is 54.5. The van der Waals surface area contributed by atoms with Crippen LogP contribution in [0.15, 0.2) is 289 Å². The number of sulfone groups is 1. The van der Waals surface area contributed by atoms with Gasteiger partial charge in [-0.15, -0.1) is 0 Å². The standard InChI is InChI=1S/C91H82O7S/c1-86(2,3)61-32-28-59(29-33-61)85(92)60-30-42-66(43-31-60)96-71-52-57-82(91(65-38-48-70(49-39-65)98-89(10,11)12)79-24-16-13-20-74(79)75-21-14-17-25-80(75)91)78(58-71)76-23-19-27-83-84(76)77-22-15-18-26-81(77)90(83,64-36-46-69(47-37-64)97-88(7,8)9)63-34-44-67(45-35-63)95-68-50-55-73(56-51-68)99(93,94)72-53-40-62(41-54-72)87(4,5)6/h13-58H,1-12H3. The van der Waals surface area contributed by atoms with E-state index < -0.39 is 31.9 Å². The van der Waals surface area contributed by atoms with Crippen LogP contribution in [-0.4, -0.2) is 25.4 Å². The molecule has 2 aliphatic rings.